The van der Waals surface area contributed by atoms with E-state index in [4.69, 9.17) is 14.2 Å². The van der Waals surface area contributed by atoms with Crippen molar-refractivity contribution in [1.29, 1.82) is 0 Å². The monoisotopic (exact) mass is 477 g/mol. The Morgan fingerprint density at radius 2 is 1.77 bits per heavy atom. The number of rotatable bonds is 12. The number of hydrogen-bond acceptors (Lipinski definition) is 4. The number of carbonyl (C=O) groups excluding carboxylic acids is 1. The second-order valence-corrected chi connectivity index (χ2v) is 8.40. The van der Waals surface area contributed by atoms with Crippen molar-refractivity contribution in [1.82, 2.24) is 5.32 Å². The number of halogens is 1. The molecule has 0 aromatic heterocycles. The molecule has 0 spiro atoms. The van der Waals surface area contributed by atoms with Gasteiger partial charge in [0.1, 0.15) is 5.75 Å². The van der Waals surface area contributed by atoms with Gasteiger partial charge in [-0.2, -0.15) is 0 Å². The van der Waals surface area contributed by atoms with Gasteiger partial charge in [-0.3, -0.25) is 4.79 Å². The molecule has 0 saturated carbocycles. The van der Waals surface area contributed by atoms with E-state index in [2.05, 4.69) is 42.0 Å². The average molecular weight is 478 g/mol. The van der Waals surface area contributed by atoms with Gasteiger partial charge >= 0.3 is 0 Å². The predicted octanol–water partition coefficient (Wildman–Crippen LogP) is 5.99. The lowest BCUT2D eigenvalue weighted by Gasteiger charge is -2.13. The fourth-order valence-electron chi connectivity index (χ4n) is 2.72. The zero-order chi connectivity index (χ0) is 21.9. The summed E-state index contributed by atoms with van der Waals surface area (Å²) < 4.78 is 17.7. The molecule has 1 N–H and O–H groups in total. The predicted molar refractivity (Wildman–Crippen MR) is 124 cm³/mol. The minimum atomic E-state index is -0.147. The Hall–Kier alpha value is -2.21. The summed E-state index contributed by atoms with van der Waals surface area (Å²) in [6, 6.07) is 11.1. The molecule has 0 unspecified atom stereocenters. The third-order valence-electron chi connectivity index (χ3n) is 4.58. The lowest BCUT2D eigenvalue weighted by Crippen LogP contribution is -2.22. The molecule has 0 aliphatic rings. The molecule has 164 valence electrons. The highest BCUT2D eigenvalue weighted by molar-refractivity contribution is 9.10. The maximum atomic E-state index is 12.6. The van der Waals surface area contributed by atoms with E-state index in [1.165, 1.54) is 0 Å². The highest BCUT2D eigenvalue weighted by atomic mass is 79.9. The van der Waals surface area contributed by atoms with Crippen molar-refractivity contribution in [2.45, 2.75) is 46.6 Å². The van der Waals surface area contributed by atoms with E-state index in [9.17, 15) is 4.79 Å². The Labute approximate surface area is 188 Å². The van der Waals surface area contributed by atoms with Crippen LogP contribution in [0.25, 0.3) is 0 Å². The van der Waals surface area contributed by atoms with Crippen LogP contribution < -0.4 is 19.5 Å². The van der Waals surface area contributed by atoms with Gasteiger partial charge in [-0.1, -0.05) is 33.3 Å². The molecule has 0 radical (unpaired) electrons. The average Bonchev–Trinajstić information content (AvgIpc) is 2.73. The van der Waals surface area contributed by atoms with Crippen LogP contribution in [0.1, 0.15) is 56.0 Å². The minimum absolute atomic E-state index is 0.147. The first-order valence-electron chi connectivity index (χ1n) is 10.4. The van der Waals surface area contributed by atoms with Gasteiger partial charge in [0.2, 0.25) is 0 Å². The number of nitrogens with one attached hydrogen (secondary N) is 1. The number of ether oxygens (including phenoxy) is 3. The van der Waals surface area contributed by atoms with Gasteiger partial charge in [0.15, 0.2) is 11.5 Å². The largest absolute Gasteiger partial charge is 0.493 e. The van der Waals surface area contributed by atoms with Crippen molar-refractivity contribution in [3.8, 4) is 17.2 Å². The molecule has 0 aliphatic heterocycles. The molecule has 6 heteroatoms. The smallest absolute Gasteiger partial charge is 0.251 e. The Balaban J connectivity index is 1.94. The van der Waals surface area contributed by atoms with Gasteiger partial charge in [0.05, 0.1) is 24.8 Å². The molecular formula is C24H32BrNO4. The molecule has 0 saturated heterocycles. The van der Waals surface area contributed by atoms with Crippen molar-refractivity contribution in [2.24, 2.45) is 5.92 Å². The first-order valence-corrected chi connectivity index (χ1v) is 11.2. The lowest BCUT2D eigenvalue weighted by molar-refractivity contribution is 0.0950. The summed E-state index contributed by atoms with van der Waals surface area (Å²) in [6.45, 7) is 8.16. The molecule has 5 nitrogen and oxygen atoms in total. The van der Waals surface area contributed by atoms with Crippen LogP contribution in [0.5, 0.6) is 17.2 Å². The molecule has 30 heavy (non-hydrogen) atoms. The van der Waals surface area contributed by atoms with Crippen LogP contribution in [0.4, 0.5) is 0 Å². The van der Waals surface area contributed by atoms with Crippen molar-refractivity contribution in [3.63, 3.8) is 0 Å². The summed E-state index contributed by atoms with van der Waals surface area (Å²) in [6.07, 6.45) is 3.06. The van der Waals surface area contributed by atoms with E-state index < -0.39 is 0 Å². The lowest BCUT2D eigenvalue weighted by atomic mass is 10.1. The molecule has 1 amide bonds. The van der Waals surface area contributed by atoms with E-state index in [-0.39, 0.29) is 5.91 Å². The van der Waals surface area contributed by atoms with Gasteiger partial charge in [0.25, 0.3) is 5.91 Å². The molecule has 2 aromatic carbocycles. The fourth-order valence-corrected chi connectivity index (χ4v) is 3.21. The summed E-state index contributed by atoms with van der Waals surface area (Å²) in [5, 5.41) is 2.95. The highest BCUT2D eigenvalue weighted by Crippen LogP contribution is 2.29. The first kappa shape index (κ1) is 24.1. The molecule has 2 aromatic rings. The van der Waals surface area contributed by atoms with Crippen LogP contribution in [-0.4, -0.2) is 26.2 Å². The van der Waals surface area contributed by atoms with Gasteiger partial charge in [0, 0.05) is 12.1 Å². The summed E-state index contributed by atoms with van der Waals surface area (Å²) in [5.74, 6) is 2.58. The second kappa shape index (κ2) is 12.5. The first-order chi connectivity index (χ1) is 14.4. The van der Waals surface area contributed by atoms with Crippen LogP contribution in [0.3, 0.4) is 0 Å². The Bertz CT molecular complexity index is 823. The number of benzene rings is 2. The number of carbonyl (C=O) groups is 1. The Morgan fingerprint density at radius 3 is 2.43 bits per heavy atom. The zero-order valence-corrected chi connectivity index (χ0v) is 19.9. The Kier molecular flexibility index (Phi) is 10.0. The normalized spacial score (nSPS) is 10.7. The van der Waals surface area contributed by atoms with Crippen molar-refractivity contribution >= 4 is 21.8 Å². The molecule has 0 aliphatic carbocycles. The standard InChI is InChI=1S/C24H32BrNO4/c1-5-6-12-29-22-9-7-18(14-23(22)28-4)16-26-24(27)19-8-10-21(20(25)15-19)30-13-11-17(2)3/h7-10,14-15,17H,5-6,11-13,16H2,1-4H3,(H,26,27). The van der Waals surface area contributed by atoms with Gasteiger partial charge in [-0.05, 0) is 70.6 Å². The van der Waals surface area contributed by atoms with Gasteiger partial charge < -0.3 is 19.5 Å². The third-order valence-corrected chi connectivity index (χ3v) is 5.20. The van der Waals surface area contributed by atoms with Crippen molar-refractivity contribution < 1.29 is 19.0 Å². The van der Waals surface area contributed by atoms with Gasteiger partial charge in [-0.15, -0.1) is 0 Å². The van der Waals surface area contributed by atoms with Crippen molar-refractivity contribution in [2.75, 3.05) is 20.3 Å². The molecule has 2 rings (SSSR count). The van der Waals surface area contributed by atoms with Crippen LogP contribution in [0, 0.1) is 5.92 Å². The van der Waals surface area contributed by atoms with E-state index >= 15 is 0 Å². The SMILES string of the molecule is CCCCOc1ccc(CNC(=O)c2ccc(OCCC(C)C)c(Br)c2)cc1OC. The molecule has 0 heterocycles. The van der Waals surface area contributed by atoms with Crippen LogP contribution in [0.15, 0.2) is 40.9 Å². The summed E-state index contributed by atoms with van der Waals surface area (Å²) in [5.41, 5.74) is 1.51. The maximum Gasteiger partial charge on any atom is 0.251 e. The summed E-state index contributed by atoms with van der Waals surface area (Å²) in [7, 11) is 1.62. The quantitative estimate of drug-likeness (QED) is 0.381. The topological polar surface area (TPSA) is 56.8 Å². The molecule has 0 bridgehead atoms. The van der Waals surface area contributed by atoms with E-state index in [0.717, 1.165) is 40.8 Å². The Morgan fingerprint density at radius 1 is 1.03 bits per heavy atom. The van der Waals surface area contributed by atoms with Crippen molar-refractivity contribution in [3.05, 3.63) is 52.0 Å². The summed E-state index contributed by atoms with van der Waals surface area (Å²) in [4.78, 5) is 12.6. The van der Waals surface area contributed by atoms with E-state index in [1.54, 1.807) is 19.2 Å². The van der Waals surface area contributed by atoms with Crippen LogP contribution >= 0.6 is 15.9 Å². The number of unbranched alkanes of at least 4 members (excludes halogenated alkanes) is 1. The summed E-state index contributed by atoms with van der Waals surface area (Å²) >= 11 is 3.50. The number of hydrogen-bond donors (Lipinski definition) is 1. The zero-order valence-electron chi connectivity index (χ0n) is 18.3. The maximum absolute atomic E-state index is 12.6. The molecular weight excluding hydrogens is 446 g/mol. The van der Waals surface area contributed by atoms with Crippen LogP contribution in [0.2, 0.25) is 0 Å². The number of methoxy groups -OCH3 is 1. The van der Waals surface area contributed by atoms with E-state index in [1.807, 2.05) is 24.3 Å². The van der Waals surface area contributed by atoms with Crippen LogP contribution in [-0.2, 0) is 6.54 Å². The molecule has 0 fully saturated rings. The second-order valence-electron chi connectivity index (χ2n) is 7.55. The third kappa shape index (κ3) is 7.56. The van der Waals surface area contributed by atoms with E-state index in [0.29, 0.717) is 37.0 Å². The fraction of sp³-hybridized carbons (Fsp3) is 0.458. The molecule has 0 atom stereocenters. The number of amides is 1. The minimum Gasteiger partial charge on any atom is -0.493 e. The highest BCUT2D eigenvalue weighted by Gasteiger charge is 2.11. The van der Waals surface area contributed by atoms with Gasteiger partial charge in [-0.25, -0.2) is 0 Å².